The lowest BCUT2D eigenvalue weighted by Crippen LogP contribution is -2.31. The fourth-order valence-electron chi connectivity index (χ4n) is 1.03. The number of pyridine rings is 1. The van der Waals surface area contributed by atoms with Gasteiger partial charge in [0, 0.05) is 12.7 Å². The van der Waals surface area contributed by atoms with E-state index < -0.39 is 23.8 Å². The van der Waals surface area contributed by atoms with Gasteiger partial charge < -0.3 is 10.4 Å². The minimum Gasteiger partial charge on any atom is -0.392 e. The molecule has 2 N–H and O–H groups in total. The van der Waals surface area contributed by atoms with Crippen LogP contribution in [0.3, 0.4) is 0 Å². The third-order valence-electron chi connectivity index (χ3n) is 1.88. The van der Waals surface area contributed by atoms with Crippen molar-refractivity contribution < 1.29 is 23.1 Å². The normalized spacial score (nSPS) is 13.2. The number of aliphatic hydroxyl groups is 1. The fraction of sp³-hybridized carbons (Fsp3) is 0.400. The van der Waals surface area contributed by atoms with Gasteiger partial charge in [0.2, 0.25) is 0 Å². The van der Waals surface area contributed by atoms with Gasteiger partial charge in [-0.3, -0.25) is 9.78 Å². The predicted molar refractivity (Wildman–Crippen MR) is 53.3 cm³/mol. The van der Waals surface area contributed by atoms with Gasteiger partial charge in [-0.05, 0) is 19.1 Å². The van der Waals surface area contributed by atoms with Gasteiger partial charge in [-0.15, -0.1) is 0 Å². The van der Waals surface area contributed by atoms with Crippen molar-refractivity contribution >= 4 is 5.91 Å². The largest absolute Gasteiger partial charge is 0.417 e. The van der Waals surface area contributed by atoms with E-state index in [1.165, 1.54) is 6.92 Å². The highest BCUT2D eigenvalue weighted by Gasteiger charge is 2.30. The molecular formula is C10H11F3N2O2. The maximum Gasteiger partial charge on any atom is 0.417 e. The molecule has 0 spiro atoms. The molecule has 94 valence electrons. The Morgan fingerprint density at radius 1 is 1.53 bits per heavy atom. The maximum absolute atomic E-state index is 12.2. The van der Waals surface area contributed by atoms with E-state index in [0.717, 1.165) is 12.1 Å². The average molecular weight is 248 g/mol. The van der Waals surface area contributed by atoms with Gasteiger partial charge >= 0.3 is 6.18 Å². The first-order valence-corrected chi connectivity index (χ1v) is 4.80. The van der Waals surface area contributed by atoms with Gasteiger partial charge in [0.1, 0.15) is 5.69 Å². The first kappa shape index (κ1) is 13.4. The van der Waals surface area contributed by atoms with Crippen molar-refractivity contribution in [2.75, 3.05) is 6.54 Å². The zero-order valence-electron chi connectivity index (χ0n) is 8.95. The fourth-order valence-corrected chi connectivity index (χ4v) is 1.03. The maximum atomic E-state index is 12.2. The molecule has 1 aromatic heterocycles. The van der Waals surface area contributed by atoms with Crippen LogP contribution >= 0.6 is 0 Å². The van der Waals surface area contributed by atoms with E-state index >= 15 is 0 Å². The number of halogens is 3. The van der Waals surface area contributed by atoms with E-state index in [9.17, 15) is 18.0 Å². The Bertz CT molecular complexity index is 388. The van der Waals surface area contributed by atoms with Crippen LogP contribution in [0.4, 0.5) is 13.2 Å². The summed E-state index contributed by atoms with van der Waals surface area (Å²) >= 11 is 0. The number of rotatable bonds is 3. The molecule has 0 bridgehead atoms. The summed E-state index contributed by atoms with van der Waals surface area (Å²) in [5.74, 6) is -0.625. The van der Waals surface area contributed by atoms with Crippen molar-refractivity contribution in [1.29, 1.82) is 0 Å². The smallest absolute Gasteiger partial charge is 0.392 e. The summed E-state index contributed by atoms with van der Waals surface area (Å²) in [6.07, 6.45) is -4.60. The second-order valence-corrected chi connectivity index (χ2v) is 3.49. The average Bonchev–Trinajstić information content (AvgIpc) is 2.25. The molecule has 0 fully saturated rings. The number of amides is 1. The summed E-state index contributed by atoms with van der Waals surface area (Å²) in [7, 11) is 0. The minimum absolute atomic E-state index is 0.0154. The van der Waals surface area contributed by atoms with E-state index in [0.29, 0.717) is 6.20 Å². The SMILES string of the molecule is C[C@@H](O)CNC(=O)c1ccc(C(F)(F)F)cn1. The molecule has 1 heterocycles. The lowest BCUT2D eigenvalue weighted by molar-refractivity contribution is -0.137. The molecule has 1 amide bonds. The molecule has 0 aliphatic heterocycles. The Kier molecular flexibility index (Phi) is 4.06. The molecule has 1 rings (SSSR count). The number of nitrogens with one attached hydrogen (secondary N) is 1. The van der Waals surface area contributed by atoms with Gasteiger partial charge in [0.15, 0.2) is 0 Å². The van der Waals surface area contributed by atoms with Crippen LogP contribution in [0.1, 0.15) is 23.0 Å². The van der Waals surface area contributed by atoms with Gasteiger partial charge in [0.05, 0.1) is 11.7 Å². The number of hydrogen-bond acceptors (Lipinski definition) is 3. The van der Waals surface area contributed by atoms with Gasteiger partial charge in [-0.1, -0.05) is 0 Å². The highest BCUT2D eigenvalue weighted by molar-refractivity contribution is 5.92. The molecule has 0 saturated carbocycles. The molecule has 1 atom stereocenters. The Balaban J connectivity index is 2.71. The molecule has 7 heteroatoms. The second-order valence-electron chi connectivity index (χ2n) is 3.49. The number of aliphatic hydroxyl groups excluding tert-OH is 1. The van der Waals surface area contributed by atoms with Crippen LogP contribution in [-0.2, 0) is 6.18 Å². The van der Waals surface area contributed by atoms with Crippen molar-refractivity contribution in [3.05, 3.63) is 29.6 Å². The number of nitrogens with zero attached hydrogens (tertiary/aromatic N) is 1. The van der Waals surface area contributed by atoms with E-state index in [4.69, 9.17) is 5.11 Å². The molecular weight excluding hydrogens is 237 g/mol. The molecule has 0 aliphatic rings. The van der Waals surface area contributed by atoms with Crippen LogP contribution in [0, 0.1) is 0 Å². The molecule has 17 heavy (non-hydrogen) atoms. The van der Waals surface area contributed by atoms with Crippen molar-refractivity contribution in [1.82, 2.24) is 10.3 Å². The third kappa shape index (κ3) is 4.03. The van der Waals surface area contributed by atoms with Gasteiger partial charge in [-0.2, -0.15) is 13.2 Å². The van der Waals surface area contributed by atoms with Crippen molar-refractivity contribution in [3.8, 4) is 0 Å². The first-order chi connectivity index (χ1) is 7.80. The van der Waals surface area contributed by atoms with Crippen LogP contribution in [0.25, 0.3) is 0 Å². The van der Waals surface area contributed by atoms with Crippen LogP contribution in [0.2, 0.25) is 0 Å². The van der Waals surface area contributed by atoms with E-state index in [1.807, 2.05) is 0 Å². The zero-order chi connectivity index (χ0) is 13.1. The Labute approximate surface area is 95.5 Å². The Hall–Kier alpha value is -1.63. The van der Waals surface area contributed by atoms with Crippen molar-refractivity contribution in [2.24, 2.45) is 0 Å². The molecule has 0 aromatic carbocycles. The van der Waals surface area contributed by atoms with E-state index in [-0.39, 0.29) is 12.2 Å². The van der Waals surface area contributed by atoms with Crippen LogP contribution in [0.15, 0.2) is 18.3 Å². The number of aromatic nitrogens is 1. The van der Waals surface area contributed by atoms with E-state index in [2.05, 4.69) is 10.3 Å². The van der Waals surface area contributed by atoms with Crippen LogP contribution < -0.4 is 5.32 Å². The molecule has 4 nitrogen and oxygen atoms in total. The highest BCUT2D eigenvalue weighted by Crippen LogP contribution is 2.28. The standard InChI is InChI=1S/C10H11F3N2O2/c1-6(16)4-15-9(17)8-3-2-7(5-14-8)10(11,12)13/h2-3,5-6,16H,4H2,1H3,(H,15,17)/t6-/m1/s1. The topological polar surface area (TPSA) is 62.2 Å². The molecule has 1 aromatic rings. The zero-order valence-corrected chi connectivity index (χ0v) is 8.95. The lowest BCUT2D eigenvalue weighted by atomic mass is 10.2. The molecule has 0 saturated heterocycles. The van der Waals surface area contributed by atoms with Crippen LogP contribution in [-0.4, -0.2) is 28.6 Å². The van der Waals surface area contributed by atoms with Crippen molar-refractivity contribution in [2.45, 2.75) is 19.2 Å². The Morgan fingerprint density at radius 3 is 2.59 bits per heavy atom. The number of hydrogen-bond donors (Lipinski definition) is 2. The van der Waals surface area contributed by atoms with E-state index in [1.54, 1.807) is 0 Å². The number of alkyl halides is 3. The third-order valence-corrected chi connectivity index (χ3v) is 1.88. The van der Waals surface area contributed by atoms with Crippen LogP contribution in [0.5, 0.6) is 0 Å². The van der Waals surface area contributed by atoms with Gasteiger partial charge in [-0.25, -0.2) is 0 Å². The number of carbonyl (C=O) groups excluding carboxylic acids is 1. The quantitative estimate of drug-likeness (QED) is 0.845. The molecule has 0 radical (unpaired) electrons. The molecule has 0 unspecified atom stereocenters. The summed E-state index contributed by atoms with van der Waals surface area (Å²) in [5.41, 5.74) is -1.04. The monoisotopic (exact) mass is 248 g/mol. The highest BCUT2D eigenvalue weighted by atomic mass is 19.4. The summed E-state index contributed by atoms with van der Waals surface area (Å²) in [6.45, 7) is 1.49. The summed E-state index contributed by atoms with van der Waals surface area (Å²) in [5, 5.41) is 11.2. The first-order valence-electron chi connectivity index (χ1n) is 4.80. The second kappa shape index (κ2) is 5.13. The Morgan fingerprint density at radius 2 is 2.18 bits per heavy atom. The van der Waals surface area contributed by atoms with Crippen molar-refractivity contribution in [3.63, 3.8) is 0 Å². The molecule has 0 aliphatic carbocycles. The van der Waals surface area contributed by atoms with Gasteiger partial charge in [0.25, 0.3) is 5.91 Å². The summed E-state index contributed by atoms with van der Waals surface area (Å²) < 4.78 is 36.6. The number of carbonyl (C=O) groups is 1. The summed E-state index contributed by atoms with van der Waals surface area (Å²) in [6, 6.07) is 1.77. The summed E-state index contributed by atoms with van der Waals surface area (Å²) in [4.78, 5) is 14.8. The predicted octanol–water partition coefficient (Wildman–Crippen LogP) is 1.21. The minimum atomic E-state index is -4.47. The lowest BCUT2D eigenvalue weighted by Gasteiger charge is -2.08.